The number of hydrogen-bond donors (Lipinski definition) is 0. The summed E-state index contributed by atoms with van der Waals surface area (Å²) in [6.07, 6.45) is -0.664. The molecule has 0 saturated carbocycles. The van der Waals surface area contributed by atoms with Gasteiger partial charge in [0.2, 0.25) is 6.10 Å². The number of carbonyl (C=O) groups is 2. The van der Waals surface area contributed by atoms with Crippen LogP contribution in [-0.2, 0) is 9.59 Å². The molecule has 0 spiro atoms. The number of amides is 2. The first kappa shape index (κ1) is 20.2. The fraction of sp³-hybridized carbons (Fsp3) is 0.280. The van der Waals surface area contributed by atoms with Crippen LogP contribution in [0, 0.1) is 0 Å². The summed E-state index contributed by atoms with van der Waals surface area (Å²) in [5, 5.41) is 2.20. The van der Waals surface area contributed by atoms with E-state index in [-0.39, 0.29) is 25.0 Å². The zero-order valence-electron chi connectivity index (χ0n) is 17.6. The van der Waals surface area contributed by atoms with Crippen molar-refractivity contribution in [1.82, 2.24) is 9.80 Å². The largest absolute Gasteiger partial charge is 0.485 e. The average molecular weight is 432 g/mol. The smallest absolute Gasteiger partial charge is 0.267 e. The van der Waals surface area contributed by atoms with Crippen molar-refractivity contribution in [3.8, 4) is 17.2 Å². The van der Waals surface area contributed by atoms with Crippen LogP contribution in [0.25, 0.3) is 10.8 Å². The van der Waals surface area contributed by atoms with E-state index in [1.165, 1.54) is 0 Å². The number of piperazine rings is 1. The zero-order valence-corrected chi connectivity index (χ0v) is 17.6. The summed E-state index contributed by atoms with van der Waals surface area (Å²) in [7, 11) is 0. The fourth-order valence-electron chi connectivity index (χ4n) is 4.01. The first-order chi connectivity index (χ1) is 15.7. The minimum Gasteiger partial charge on any atom is -0.485 e. The molecule has 0 unspecified atom stereocenters. The van der Waals surface area contributed by atoms with Crippen molar-refractivity contribution in [3.05, 3.63) is 66.7 Å². The summed E-state index contributed by atoms with van der Waals surface area (Å²) < 4.78 is 17.2. The number of carbonyl (C=O) groups excluding carboxylic acids is 2. The van der Waals surface area contributed by atoms with Gasteiger partial charge in [-0.15, -0.1) is 0 Å². The molecule has 2 aliphatic rings. The van der Waals surface area contributed by atoms with Crippen LogP contribution in [-0.4, -0.2) is 67.1 Å². The minimum absolute atomic E-state index is 0.0252. The van der Waals surface area contributed by atoms with Gasteiger partial charge in [0.05, 0.1) is 0 Å². The number of nitrogens with zero attached hydrogens (tertiary/aromatic N) is 2. The number of benzene rings is 3. The highest BCUT2D eigenvalue weighted by molar-refractivity contribution is 5.84. The highest BCUT2D eigenvalue weighted by Crippen LogP contribution is 2.31. The van der Waals surface area contributed by atoms with Crippen molar-refractivity contribution in [2.75, 3.05) is 39.4 Å². The second-order valence-electron chi connectivity index (χ2n) is 7.87. The molecule has 3 aromatic carbocycles. The summed E-state index contributed by atoms with van der Waals surface area (Å²) in [6.45, 7) is 2.02. The lowest BCUT2D eigenvalue weighted by atomic mass is 10.1. The molecule has 2 heterocycles. The lowest BCUT2D eigenvalue weighted by Crippen LogP contribution is -2.55. The van der Waals surface area contributed by atoms with E-state index in [1.807, 2.05) is 60.7 Å². The van der Waals surface area contributed by atoms with Crippen molar-refractivity contribution in [2.24, 2.45) is 0 Å². The SMILES string of the molecule is O=C(COc1ccc2ccccc2c1)N1CCN(C(=O)[C@H]2COc3ccccc3O2)CC1. The first-order valence-electron chi connectivity index (χ1n) is 10.7. The predicted molar refractivity (Wildman–Crippen MR) is 119 cm³/mol. The van der Waals surface area contributed by atoms with E-state index in [0.29, 0.717) is 43.4 Å². The van der Waals surface area contributed by atoms with E-state index >= 15 is 0 Å². The van der Waals surface area contributed by atoms with E-state index in [0.717, 1.165) is 10.8 Å². The van der Waals surface area contributed by atoms with Crippen LogP contribution in [0.4, 0.5) is 0 Å². The average Bonchev–Trinajstić information content (AvgIpc) is 2.86. The van der Waals surface area contributed by atoms with Gasteiger partial charge < -0.3 is 24.0 Å². The molecule has 0 radical (unpaired) electrons. The predicted octanol–water partition coefficient (Wildman–Crippen LogP) is 2.73. The summed E-state index contributed by atoms with van der Waals surface area (Å²) >= 11 is 0. The van der Waals surface area contributed by atoms with Gasteiger partial charge in [-0.25, -0.2) is 0 Å². The molecular weight excluding hydrogens is 408 g/mol. The molecule has 7 nitrogen and oxygen atoms in total. The Morgan fingerprint density at radius 3 is 2.34 bits per heavy atom. The lowest BCUT2D eigenvalue weighted by molar-refractivity contribution is -0.146. The molecule has 0 bridgehead atoms. The van der Waals surface area contributed by atoms with Crippen LogP contribution in [0.5, 0.6) is 17.2 Å². The standard InChI is InChI=1S/C25H24N2O5/c28-24(17-30-20-10-9-18-5-1-2-6-19(18)15-20)26-11-13-27(14-12-26)25(29)23-16-31-21-7-3-4-8-22(21)32-23/h1-10,15,23H,11-14,16-17H2/t23-/m1/s1. The molecule has 1 atom stereocenters. The molecule has 2 amide bonds. The van der Waals surface area contributed by atoms with Crippen molar-refractivity contribution in [3.63, 3.8) is 0 Å². The van der Waals surface area contributed by atoms with Crippen LogP contribution in [0.1, 0.15) is 0 Å². The topological polar surface area (TPSA) is 68.3 Å². The van der Waals surface area contributed by atoms with E-state index in [1.54, 1.807) is 15.9 Å². The van der Waals surface area contributed by atoms with Crippen molar-refractivity contribution in [2.45, 2.75) is 6.10 Å². The Labute approximate surface area is 186 Å². The molecule has 1 saturated heterocycles. The van der Waals surface area contributed by atoms with Gasteiger partial charge in [0.1, 0.15) is 12.4 Å². The molecule has 3 aromatic rings. The van der Waals surface area contributed by atoms with Crippen LogP contribution in [0.15, 0.2) is 66.7 Å². The number of fused-ring (bicyclic) bond motifs is 2. The summed E-state index contributed by atoms with van der Waals surface area (Å²) in [4.78, 5) is 28.9. The zero-order chi connectivity index (χ0) is 21.9. The van der Waals surface area contributed by atoms with Gasteiger partial charge in [0, 0.05) is 26.2 Å². The molecule has 0 aromatic heterocycles. The molecule has 0 aliphatic carbocycles. The van der Waals surface area contributed by atoms with E-state index < -0.39 is 6.10 Å². The Kier molecular flexibility index (Phi) is 5.54. The third kappa shape index (κ3) is 4.19. The second kappa shape index (κ2) is 8.78. The maximum atomic E-state index is 12.9. The van der Waals surface area contributed by atoms with Gasteiger partial charge in [-0.05, 0) is 35.0 Å². The third-order valence-electron chi connectivity index (χ3n) is 5.81. The Morgan fingerprint density at radius 1 is 0.844 bits per heavy atom. The second-order valence-corrected chi connectivity index (χ2v) is 7.87. The Hall–Kier alpha value is -3.74. The molecule has 0 N–H and O–H groups in total. The molecular formula is C25H24N2O5. The van der Waals surface area contributed by atoms with Crippen LogP contribution < -0.4 is 14.2 Å². The summed E-state index contributed by atoms with van der Waals surface area (Å²) in [5.74, 6) is 1.70. The normalized spacial score (nSPS) is 17.8. The lowest BCUT2D eigenvalue weighted by Gasteiger charge is -2.37. The molecule has 2 aliphatic heterocycles. The van der Waals surface area contributed by atoms with Crippen molar-refractivity contribution < 1.29 is 23.8 Å². The van der Waals surface area contributed by atoms with E-state index in [2.05, 4.69) is 0 Å². The Bertz CT molecular complexity index is 1140. The minimum atomic E-state index is -0.664. The van der Waals surface area contributed by atoms with Crippen molar-refractivity contribution >= 4 is 22.6 Å². The van der Waals surface area contributed by atoms with Gasteiger partial charge in [0.25, 0.3) is 11.8 Å². The quantitative estimate of drug-likeness (QED) is 0.634. The van der Waals surface area contributed by atoms with Crippen LogP contribution in [0.2, 0.25) is 0 Å². The number of rotatable bonds is 4. The molecule has 5 rings (SSSR count). The first-order valence-corrected chi connectivity index (χ1v) is 10.7. The van der Waals surface area contributed by atoms with Gasteiger partial charge in [-0.3, -0.25) is 9.59 Å². The van der Waals surface area contributed by atoms with Gasteiger partial charge in [-0.1, -0.05) is 42.5 Å². The summed E-state index contributed by atoms with van der Waals surface area (Å²) in [5.41, 5.74) is 0. The van der Waals surface area contributed by atoms with E-state index in [4.69, 9.17) is 14.2 Å². The monoisotopic (exact) mass is 432 g/mol. The van der Waals surface area contributed by atoms with Crippen LogP contribution in [0.3, 0.4) is 0 Å². The summed E-state index contributed by atoms with van der Waals surface area (Å²) in [6, 6.07) is 21.1. The van der Waals surface area contributed by atoms with Gasteiger partial charge in [-0.2, -0.15) is 0 Å². The van der Waals surface area contributed by atoms with Crippen LogP contribution >= 0.6 is 0 Å². The van der Waals surface area contributed by atoms with Crippen molar-refractivity contribution in [1.29, 1.82) is 0 Å². The fourth-order valence-corrected chi connectivity index (χ4v) is 4.01. The molecule has 32 heavy (non-hydrogen) atoms. The maximum absolute atomic E-state index is 12.9. The number of ether oxygens (including phenoxy) is 3. The maximum Gasteiger partial charge on any atom is 0.267 e. The number of para-hydroxylation sites is 2. The van der Waals surface area contributed by atoms with Gasteiger partial charge in [0.15, 0.2) is 18.1 Å². The number of hydrogen-bond acceptors (Lipinski definition) is 5. The Balaban J connectivity index is 1.11. The van der Waals surface area contributed by atoms with E-state index in [9.17, 15) is 9.59 Å². The van der Waals surface area contributed by atoms with Gasteiger partial charge >= 0.3 is 0 Å². The molecule has 1 fully saturated rings. The Morgan fingerprint density at radius 2 is 1.53 bits per heavy atom. The molecule has 7 heteroatoms. The molecule has 164 valence electrons. The third-order valence-corrected chi connectivity index (χ3v) is 5.81. The highest BCUT2D eigenvalue weighted by Gasteiger charge is 2.33. The highest BCUT2D eigenvalue weighted by atomic mass is 16.6.